The first-order valence-corrected chi connectivity index (χ1v) is 7.83. The molecule has 7 heteroatoms. The van der Waals surface area contributed by atoms with Gasteiger partial charge in [0, 0.05) is 0 Å². The standard InChI is InChI=1S/C14H17FN2O3S/c1-8-6-11(15)12(16)7-14(8)21(18,19)17-10(3)13-5-4-9(2)20-13/h4-7,10,17H,16H2,1-3H3. The number of anilines is 1. The third-order valence-corrected chi connectivity index (χ3v) is 4.79. The molecule has 0 saturated heterocycles. The second-order valence-corrected chi connectivity index (χ2v) is 6.61. The van der Waals surface area contributed by atoms with Crippen LogP contribution in [0.2, 0.25) is 0 Å². The van der Waals surface area contributed by atoms with Crippen molar-refractivity contribution in [1.29, 1.82) is 0 Å². The average Bonchev–Trinajstić information content (AvgIpc) is 2.80. The van der Waals surface area contributed by atoms with E-state index < -0.39 is 21.9 Å². The molecule has 0 aliphatic rings. The molecule has 0 saturated carbocycles. The molecule has 1 heterocycles. The van der Waals surface area contributed by atoms with Gasteiger partial charge in [0.05, 0.1) is 16.6 Å². The Bertz CT molecular complexity index is 769. The first-order chi connectivity index (χ1) is 9.70. The maximum absolute atomic E-state index is 13.3. The lowest BCUT2D eigenvalue weighted by Gasteiger charge is -2.14. The van der Waals surface area contributed by atoms with Crippen LogP contribution in [-0.4, -0.2) is 8.42 Å². The lowest BCUT2D eigenvalue weighted by Crippen LogP contribution is -2.27. The zero-order valence-corrected chi connectivity index (χ0v) is 12.8. The number of rotatable bonds is 4. The fraction of sp³-hybridized carbons (Fsp3) is 0.286. The number of hydrogen-bond acceptors (Lipinski definition) is 4. The van der Waals surface area contributed by atoms with Crippen LogP contribution >= 0.6 is 0 Å². The van der Waals surface area contributed by atoms with Gasteiger partial charge in [0.2, 0.25) is 10.0 Å². The molecule has 1 aromatic carbocycles. The lowest BCUT2D eigenvalue weighted by molar-refractivity contribution is 0.441. The molecule has 0 spiro atoms. The summed E-state index contributed by atoms with van der Waals surface area (Å²) in [5.41, 5.74) is 5.53. The molecule has 0 bridgehead atoms. The molecular weight excluding hydrogens is 295 g/mol. The Balaban J connectivity index is 2.32. The summed E-state index contributed by atoms with van der Waals surface area (Å²) in [7, 11) is -3.83. The third kappa shape index (κ3) is 3.25. The van der Waals surface area contributed by atoms with Crippen LogP contribution in [0.3, 0.4) is 0 Å². The molecule has 0 radical (unpaired) electrons. The summed E-state index contributed by atoms with van der Waals surface area (Å²) in [5, 5.41) is 0. The topological polar surface area (TPSA) is 85.3 Å². The monoisotopic (exact) mass is 312 g/mol. The Labute approximate surface area is 123 Å². The fourth-order valence-electron chi connectivity index (χ4n) is 2.00. The van der Waals surface area contributed by atoms with E-state index in [-0.39, 0.29) is 16.1 Å². The number of nitrogens with one attached hydrogen (secondary N) is 1. The highest BCUT2D eigenvalue weighted by molar-refractivity contribution is 7.89. The minimum absolute atomic E-state index is 0.0449. The molecule has 114 valence electrons. The third-order valence-electron chi connectivity index (χ3n) is 3.10. The molecule has 2 aromatic rings. The number of nitrogens with two attached hydrogens (primary N) is 1. The molecule has 0 aliphatic heterocycles. The average molecular weight is 312 g/mol. The maximum Gasteiger partial charge on any atom is 0.241 e. The van der Waals surface area contributed by atoms with Crippen molar-refractivity contribution in [1.82, 2.24) is 4.72 Å². The van der Waals surface area contributed by atoms with Crippen molar-refractivity contribution in [3.05, 3.63) is 47.2 Å². The summed E-state index contributed by atoms with van der Waals surface area (Å²) in [5.74, 6) is 0.559. The Morgan fingerprint density at radius 1 is 1.29 bits per heavy atom. The van der Waals surface area contributed by atoms with Gasteiger partial charge in [-0.3, -0.25) is 0 Å². The van der Waals surface area contributed by atoms with E-state index in [1.807, 2.05) is 0 Å². The van der Waals surface area contributed by atoms with Crippen molar-refractivity contribution in [3.63, 3.8) is 0 Å². The van der Waals surface area contributed by atoms with Gasteiger partial charge in [-0.1, -0.05) is 0 Å². The van der Waals surface area contributed by atoms with Gasteiger partial charge < -0.3 is 10.2 Å². The van der Waals surface area contributed by atoms with E-state index in [9.17, 15) is 12.8 Å². The van der Waals surface area contributed by atoms with E-state index >= 15 is 0 Å². The zero-order chi connectivity index (χ0) is 15.8. The molecule has 1 aromatic heterocycles. The normalized spacial score (nSPS) is 13.3. The molecule has 3 N–H and O–H groups in total. The SMILES string of the molecule is Cc1ccc(C(C)NS(=O)(=O)c2cc(N)c(F)cc2C)o1. The summed E-state index contributed by atoms with van der Waals surface area (Å²) in [6, 6.07) is 5.13. The highest BCUT2D eigenvalue weighted by atomic mass is 32.2. The number of nitrogen functional groups attached to an aromatic ring is 1. The summed E-state index contributed by atoms with van der Waals surface area (Å²) in [6.07, 6.45) is 0. The fourth-order valence-corrected chi connectivity index (χ4v) is 3.47. The maximum atomic E-state index is 13.3. The molecule has 21 heavy (non-hydrogen) atoms. The summed E-state index contributed by atoms with van der Waals surface area (Å²) < 4.78 is 46.0. The Hall–Kier alpha value is -1.86. The van der Waals surface area contributed by atoms with Crippen LogP contribution in [-0.2, 0) is 10.0 Å². The first-order valence-electron chi connectivity index (χ1n) is 6.35. The van der Waals surface area contributed by atoms with Crippen LogP contribution in [0, 0.1) is 19.7 Å². The van der Waals surface area contributed by atoms with Gasteiger partial charge in [0.25, 0.3) is 0 Å². The van der Waals surface area contributed by atoms with Crippen molar-refractivity contribution in [2.24, 2.45) is 0 Å². The van der Waals surface area contributed by atoms with E-state index in [0.29, 0.717) is 11.5 Å². The summed E-state index contributed by atoms with van der Waals surface area (Å²) >= 11 is 0. The van der Waals surface area contributed by atoms with Gasteiger partial charge in [-0.05, 0) is 50.6 Å². The van der Waals surface area contributed by atoms with Crippen molar-refractivity contribution >= 4 is 15.7 Å². The van der Waals surface area contributed by atoms with Crippen LogP contribution in [0.4, 0.5) is 10.1 Å². The van der Waals surface area contributed by atoms with Crippen LogP contribution in [0.5, 0.6) is 0 Å². The molecule has 1 unspecified atom stereocenters. The summed E-state index contributed by atoms with van der Waals surface area (Å²) in [6.45, 7) is 4.95. The van der Waals surface area contributed by atoms with E-state index in [2.05, 4.69) is 4.72 Å². The number of hydrogen-bond donors (Lipinski definition) is 2. The van der Waals surface area contributed by atoms with E-state index in [4.69, 9.17) is 10.2 Å². The molecule has 2 rings (SSSR count). The highest BCUT2D eigenvalue weighted by Gasteiger charge is 2.23. The van der Waals surface area contributed by atoms with Gasteiger partial charge in [0.15, 0.2) is 0 Å². The predicted molar refractivity (Wildman–Crippen MR) is 77.7 cm³/mol. The van der Waals surface area contributed by atoms with Gasteiger partial charge >= 0.3 is 0 Å². The first kappa shape index (κ1) is 15.5. The highest BCUT2D eigenvalue weighted by Crippen LogP contribution is 2.24. The Morgan fingerprint density at radius 2 is 1.95 bits per heavy atom. The number of aryl methyl sites for hydroxylation is 2. The van der Waals surface area contributed by atoms with Gasteiger partial charge in [-0.2, -0.15) is 0 Å². The van der Waals surface area contributed by atoms with Crippen molar-refractivity contribution in [3.8, 4) is 0 Å². The largest absolute Gasteiger partial charge is 0.465 e. The van der Waals surface area contributed by atoms with Crippen LogP contribution < -0.4 is 10.5 Å². The molecule has 1 atom stereocenters. The van der Waals surface area contributed by atoms with Gasteiger partial charge in [0.1, 0.15) is 17.3 Å². The second kappa shape index (κ2) is 5.50. The number of sulfonamides is 1. The minimum atomic E-state index is -3.83. The molecule has 0 fully saturated rings. The second-order valence-electron chi connectivity index (χ2n) is 4.93. The quantitative estimate of drug-likeness (QED) is 0.850. The molecule has 0 amide bonds. The van der Waals surface area contributed by atoms with Crippen LogP contribution in [0.1, 0.15) is 30.0 Å². The molecule has 5 nitrogen and oxygen atoms in total. The van der Waals surface area contributed by atoms with Crippen molar-refractivity contribution in [2.45, 2.75) is 31.7 Å². The van der Waals surface area contributed by atoms with E-state index in [0.717, 1.165) is 12.1 Å². The van der Waals surface area contributed by atoms with Crippen LogP contribution in [0.15, 0.2) is 33.6 Å². The predicted octanol–water partition coefficient (Wildman–Crippen LogP) is 2.66. The van der Waals surface area contributed by atoms with Gasteiger partial charge in [-0.15, -0.1) is 0 Å². The molecule has 0 aliphatic carbocycles. The summed E-state index contributed by atoms with van der Waals surface area (Å²) in [4.78, 5) is -0.0449. The van der Waals surface area contributed by atoms with Crippen molar-refractivity contribution in [2.75, 3.05) is 5.73 Å². The van der Waals surface area contributed by atoms with Crippen molar-refractivity contribution < 1.29 is 17.2 Å². The number of benzene rings is 1. The zero-order valence-electron chi connectivity index (χ0n) is 12.0. The van der Waals surface area contributed by atoms with E-state index in [1.165, 1.54) is 6.92 Å². The molecular formula is C14H17FN2O3S. The Kier molecular flexibility index (Phi) is 4.06. The number of furan rings is 1. The lowest BCUT2D eigenvalue weighted by atomic mass is 10.2. The van der Waals surface area contributed by atoms with E-state index in [1.54, 1.807) is 26.0 Å². The smallest absolute Gasteiger partial charge is 0.241 e. The minimum Gasteiger partial charge on any atom is -0.465 e. The number of halogens is 1. The van der Waals surface area contributed by atoms with Crippen LogP contribution in [0.25, 0.3) is 0 Å². The van der Waals surface area contributed by atoms with Gasteiger partial charge in [-0.25, -0.2) is 17.5 Å². The Morgan fingerprint density at radius 3 is 2.52 bits per heavy atom.